The highest BCUT2D eigenvalue weighted by Gasteiger charge is 2.53. The first-order valence-corrected chi connectivity index (χ1v) is 6.88. The van der Waals surface area contributed by atoms with Crippen LogP contribution in [0.3, 0.4) is 0 Å². The van der Waals surface area contributed by atoms with E-state index in [4.69, 9.17) is 4.84 Å². The molecule has 2 heteroatoms. The highest BCUT2D eigenvalue weighted by Crippen LogP contribution is 2.52. The van der Waals surface area contributed by atoms with Gasteiger partial charge >= 0.3 is 0 Å². The number of oxime groups is 1. The Bertz CT molecular complexity index is 505. The Morgan fingerprint density at radius 1 is 1.06 bits per heavy atom. The molecule has 1 heterocycles. The Morgan fingerprint density at radius 3 is 2.78 bits per heavy atom. The van der Waals surface area contributed by atoms with Gasteiger partial charge in [-0.15, -0.1) is 0 Å². The summed E-state index contributed by atoms with van der Waals surface area (Å²) in [4.78, 5) is 5.65. The van der Waals surface area contributed by atoms with Crippen molar-refractivity contribution in [2.24, 2.45) is 22.9 Å². The molecule has 0 radical (unpaired) electrons. The van der Waals surface area contributed by atoms with Gasteiger partial charge in [-0.05, 0) is 42.7 Å². The second-order valence-corrected chi connectivity index (χ2v) is 5.69. The molecule has 0 spiro atoms. The average Bonchev–Trinajstić information content (AvgIpc) is 3.11. The lowest BCUT2D eigenvalue weighted by Crippen LogP contribution is -2.28. The molecule has 4 rings (SSSR count). The topological polar surface area (TPSA) is 21.6 Å². The predicted octanol–water partition coefficient (Wildman–Crippen LogP) is 3.50. The average molecular weight is 239 g/mol. The summed E-state index contributed by atoms with van der Waals surface area (Å²) in [6, 6.07) is 10.4. The monoisotopic (exact) mass is 239 g/mol. The summed E-state index contributed by atoms with van der Waals surface area (Å²) in [5, 5.41) is 4.31. The molecule has 0 unspecified atom stereocenters. The van der Waals surface area contributed by atoms with Gasteiger partial charge in [0.25, 0.3) is 0 Å². The van der Waals surface area contributed by atoms with Crippen molar-refractivity contribution >= 4 is 11.8 Å². The second kappa shape index (κ2) is 3.98. The summed E-state index contributed by atoms with van der Waals surface area (Å²) in [6.45, 7) is 0. The molecule has 0 saturated heterocycles. The molecule has 2 fully saturated rings. The van der Waals surface area contributed by atoms with E-state index in [2.05, 4.69) is 41.6 Å². The smallest absolute Gasteiger partial charge is 0.139 e. The fraction of sp³-hybridized carbons (Fsp3) is 0.438. The van der Waals surface area contributed by atoms with Crippen molar-refractivity contribution in [3.63, 3.8) is 0 Å². The summed E-state index contributed by atoms with van der Waals surface area (Å²) in [5.74, 6) is 2.16. The zero-order valence-corrected chi connectivity index (χ0v) is 10.3. The highest BCUT2D eigenvalue weighted by molar-refractivity contribution is 6.01. The zero-order valence-electron chi connectivity index (χ0n) is 10.3. The lowest BCUT2D eigenvalue weighted by molar-refractivity contribution is 0.0275. The van der Waals surface area contributed by atoms with Gasteiger partial charge in [-0.3, -0.25) is 0 Å². The van der Waals surface area contributed by atoms with Crippen LogP contribution in [0.15, 0.2) is 41.6 Å². The van der Waals surface area contributed by atoms with Gasteiger partial charge < -0.3 is 4.84 Å². The van der Waals surface area contributed by atoms with E-state index in [0.717, 1.165) is 17.5 Å². The first-order valence-electron chi connectivity index (χ1n) is 6.88. The molecule has 4 atom stereocenters. The fourth-order valence-corrected chi connectivity index (χ4v) is 3.87. The molecule has 3 aliphatic rings. The van der Waals surface area contributed by atoms with Gasteiger partial charge in [0.1, 0.15) is 6.10 Å². The van der Waals surface area contributed by atoms with E-state index in [1.807, 2.05) is 6.07 Å². The summed E-state index contributed by atoms with van der Waals surface area (Å²) in [7, 11) is 0. The van der Waals surface area contributed by atoms with Crippen LogP contribution in [-0.2, 0) is 4.84 Å². The minimum atomic E-state index is 0.388. The van der Waals surface area contributed by atoms with Crippen molar-refractivity contribution < 1.29 is 4.84 Å². The number of rotatable bonds is 2. The summed E-state index contributed by atoms with van der Waals surface area (Å²) < 4.78 is 0. The first-order chi connectivity index (χ1) is 8.92. The molecule has 2 nitrogen and oxygen atoms in total. The van der Waals surface area contributed by atoms with Gasteiger partial charge in [0.2, 0.25) is 0 Å². The molecular formula is C16H17NO. The van der Waals surface area contributed by atoms with Crippen LogP contribution in [0.1, 0.15) is 24.8 Å². The first kappa shape index (κ1) is 10.4. The Kier molecular flexibility index (Phi) is 2.29. The van der Waals surface area contributed by atoms with Gasteiger partial charge in [0.05, 0.1) is 5.71 Å². The van der Waals surface area contributed by atoms with Gasteiger partial charge in [0, 0.05) is 5.92 Å². The highest BCUT2D eigenvalue weighted by atomic mass is 16.6. The molecule has 2 aliphatic carbocycles. The molecule has 1 aromatic carbocycles. The normalized spacial score (nSPS) is 36.8. The Balaban J connectivity index is 1.55. The van der Waals surface area contributed by atoms with Gasteiger partial charge in [0.15, 0.2) is 0 Å². The van der Waals surface area contributed by atoms with E-state index in [0.29, 0.717) is 12.0 Å². The SMILES string of the molecule is C(=C\c1ccccc1)/C1=NO[C@@H]2[C@@H]3CC[C@H](C3)[C@H]12. The van der Waals surface area contributed by atoms with Crippen LogP contribution < -0.4 is 0 Å². The van der Waals surface area contributed by atoms with Crippen LogP contribution in [0.4, 0.5) is 0 Å². The quantitative estimate of drug-likeness (QED) is 0.774. The summed E-state index contributed by atoms with van der Waals surface area (Å²) in [6.07, 6.45) is 8.76. The molecule has 2 bridgehead atoms. The van der Waals surface area contributed by atoms with Crippen molar-refractivity contribution in [3.8, 4) is 0 Å². The molecule has 1 aliphatic heterocycles. The van der Waals surface area contributed by atoms with E-state index in [1.165, 1.54) is 24.8 Å². The van der Waals surface area contributed by atoms with Crippen molar-refractivity contribution in [2.45, 2.75) is 25.4 Å². The van der Waals surface area contributed by atoms with Crippen LogP contribution in [-0.4, -0.2) is 11.8 Å². The Morgan fingerprint density at radius 2 is 1.89 bits per heavy atom. The summed E-state index contributed by atoms with van der Waals surface area (Å²) in [5.41, 5.74) is 2.39. The third kappa shape index (κ3) is 1.52. The number of hydrogen-bond donors (Lipinski definition) is 0. The van der Waals surface area contributed by atoms with Crippen molar-refractivity contribution in [1.82, 2.24) is 0 Å². The van der Waals surface area contributed by atoms with Crippen LogP contribution in [0.2, 0.25) is 0 Å². The van der Waals surface area contributed by atoms with Crippen molar-refractivity contribution in [3.05, 3.63) is 42.0 Å². The van der Waals surface area contributed by atoms with Gasteiger partial charge in [-0.25, -0.2) is 0 Å². The lowest BCUT2D eigenvalue weighted by atomic mass is 9.83. The minimum absolute atomic E-state index is 0.388. The molecular weight excluding hydrogens is 222 g/mol. The van der Waals surface area contributed by atoms with Crippen LogP contribution in [0, 0.1) is 17.8 Å². The predicted molar refractivity (Wildman–Crippen MR) is 72.1 cm³/mol. The van der Waals surface area contributed by atoms with E-state index in [9.17, 15) is 0 Å². The standard InChI is InChI=1S/C16H17NO/c1-2-4-11(5-3-1)6-9-14-15-12-7-8-13(10-12)16(15)18-17-14/h1-6,9,12-13,15-16H,7-8,10H2/b9-6+/t12-,13-,15-,16-/m1/s1. The Hall–Kier alpha value is -1.57. The lowest BCUT2D eigenvalue weighted by Gasteiger charge is -2.22. The second-order valence-electron chi connectivity index (χ2n) is 5.69. The van der Waals surface area contributed by atoms with E-state index >= 15 is 0 Å². The molecule has 18 heavy (non-hydrogen) atoms. The summed E-state index contributed by atoms with van der Waals surface area (Å²) >= 11 is 0. The fourth-order valence-electron chi connectivity index (χ4n) is 3.87. The maximum Gasteiger partial charge on any atom is 0.139 e. The largest absolute Gasteiger partial charge is 0.391 e. The van der Waals surface area contributed by atoms with Crippen LogP contribution in [0.5, 0.6) is 0 Å². The molecule has 0 N–H and O–H groups in total. The number of nitrogens with zero attached hydrogens (tertiary/aromatic N) is 1. The number of allylic oxidation sites excluding steroid dienone is 1. The molecule has 0 aromatic heterocycles. The third-order valence-corrected chi connectivity index (χ3v) is 4.71. The van der Waals surface area contributed by atoms with Crippen molar-refractivity contribution in [2.75, 3.05) is 0 Å². The Labute approximate surface area is 107 Å². The van der Waals surface area contributed by atoms with Gasteiger partial charge in [-0.1, -0.05) is 41.6 Å². The van der Waals surface area contributed by atoms with E-state index in [-0.39, 0.29) is 0 Å². The van der Waals surface area contributed by atoms with E-state index < -0.39 is 0 Å². The number of hydrogen-bond acceptors (Lipinski definition) is 2. The number of benzene rings is 1. The molecule has 2 saturated carbocycles. The van der Waals surface area contributed by atoms with Gasteiger partial charge in [-0.2, -0.15) is 0 Å². The van der Waals surface area contributed by atoms with Crippen LogP contribution >= 0.6 is 0 Å². The maximum absolute atomic E-state index is 5.65. The van der Waals surface area contributed by atoms with Crippen molar-refractivity contribution in [1.29, 1.82) is 0 Å². The van der Waals surface area contributed by atoms with Crippen LogP contribution in [0.25, 0.3) is 6.08 Å². The molecule has 92 valence electrons. The third-order valence-electron chi connectivity index (χ3n) is 4.71. The minimum Gasteiger partial charge on any atom is -0.391 e. The molecule has 1 aromatic rings. The zero-order chi connectivity index (χ0) is 11.9. The van der Waals surface area contributed by atoms with E-state index in [1.54, 1.807) is 0 Å². The maximum atomic E-state index is 5.65. The number of fused-ring (bicyclic) bond motifs is 5. The molecule has 0 amide bonds.